The highest BCUT2D eigenvalue weighted by atomic mass is 28.4. The van der Waals surface area contributed by atoms with E-state index >= 15 is 0 Å². The lowest BCUT2D eigenvalue weighted by molar-refractivity contribution is 0.0645. The molecule has 0 amide bonds. The van der Waals surface area contributed by atoms with Gasteiger partial charge in [-0.2, -0.15) is 0 Å². The smallest absolute Gasteiger partial charge is 0.184 e. The third-order valence-corrected chi connectivity index (χ3v) is 4.57. The summed E-state index contributed by atoms with van der Waals surface area (Å²) in [5.74, 6) is 0.990. The van der Waals surface area contributed by atoms with E-state index in [4.69, 9.17) is 4.43 Å². The van der Waals surface area contributed by atoms with E-state index in [2.05, 4.69) is 45.5 Å². The van der Waals surface area contributed by atoms with Crippen LogP contribution in [0.25, 0.3) is 0 Å². The van der Waals surface area contributed by atoms with E-state index in [1.807, 2.05) is 12.2 Å². The molecule has 0 unspecified atom stereocenters. The van der Waals surface area contributed by atoms with Gasteiger partial charge < -0.3 is 4.43 Å². The van der Waals surface area contributed by atoms with Crippen molar-refractivity contribution < 1.29 is 4.43 Å². The van der Waals surface area contributed by atoms with Gasteiger partial charge in [0.1, 0.15) is 0 Å². The van der Waals surface area contributed by atoms with Crippen molar-refractivity contribution in [2.45, 2.75) is 44.5 Å². The summed E-state index contributed by atoms with van der Waals surface area (Å²) < 4.78 is 6.46. The fourth-order valence-corrected chi connectivity index (χ4v) is 4.45. The van der Waals surface area contributed by atoms with E-state index < -0.39 is 8.32 Å². The molecular weight excluding hydrogens is 224 g/mol. The van der Waals surface area contributed by atoms with Crippen molar-refractivity contribution in [1.29, 1.82) is 0 Å². The van der Waals surface area contributed by atoms with E-state index in [1.165, 1.54) is 0 Å². The predicted molar refractivity (Wildman–Crippen MR) is 78.6 cm³/mol. The number of rotatable bonds is 6. The number of hydrogen-bond acceptors (Lipinski definition) is 1. The van der Waals surface area contributed by atoms with Crippen molar-refractivity contribution in [2.24, 2.45) is 11.8 Å². The van der Waals surface area contributed by atoms with Crippen molar-refractivity contribution in [3.05, 3.63) is 38.0 Å². The Morgan fingerprint density at radius 2 is 1.94 bits per heavy atom. The van der Waals surface area contributed by atoms with E-state index in [0.29, 0.717) is 11.8 Å². The molecular formula is C15H26OSi. The molecule has 1 rings (SSSR count). The van der Waals surface area contributed by atoms with Gasteiger partial charge >= 0.3 is 0 Å². The normalized spacial score (nSPS) is 33.4. The van der Waals surface area contributed by atoms with Gasteiger partial charge in [-0.05, 0) is 44.8 Å². The SMILES string of the molecule is C=CC[C@@H]1[C@@H](C=C)CC[C@]1(C=C)O[Si](C)(C)C. The summed E-state index contributed by atoms with van der Waals surface area (Å²) >= 11 is 0. The predicted octanol–water partition coefficient (Wildman–Crippen LogP) is 4.55. The van der Waals surface area contributed by atoms with Crippen LogP contribution in [0, 0.1) is 11.8 Å². The van der Waals surface area contributed by atoms with Gasteiger partial charge in [0.25, 0.3) is 0 Å². The maximum absolute atomic E-state index is 6.46. The molecule has 3 atom stereocenters. The molecule has 0 bridgehead atoms. The highest BCUT2D eigenvalue weighted by molar-refractivity contribution is 6.69. The summed E-state index contributed by atoms with van der Waals surface area (Å²) in [7, 11) is -1.57. The van der Waals surface area contributed by atoms with Gasteiger partial charge in [-0.3, -0.25) is 0 Å². The van der Waals surface area contributed by atoms with Crippen LogP contribution in [0.1, 0.15) is 19.3 Å². The maximum atomic E-state index is 6.46. The van der Waals surface area contributed by atoms with Crippen LogP contribution in [-0.4, -0.2) is 13.9 Å². The summed E-state index contributed by atoms with van der Waals surface area (Å²) in [5.41, 5.74) is -0.155. The maximum Gasteiger partial charge on any atom is 0.184 e. The summed E-state index contributed by atoms with van der Waals surface area (Å²) in [6.07, 6.45) is 9.30. The second-order valence-electron chi connectivity index (χ2n) is 5.94. The van der Waals surface area contributed by atoms with Crippen molar-refractivity contribution >= 4 is 8.32 Å². The van der Waals surface area contributed by atoms with Crippen LogP contribution >= 0.6 is 0 Å². The Morgan fingerprint density at radius 3 is 2.35 bits per heavy atom. The molecule has 96 valence electrons. The molecule has 0 spiro atoms. The van der Waals surface area contributed by atoms with Crippen LogP contribution in [0.15, 0.2) is 38.0 Å². The molecule has 17 heavy (non-hydrogen) atoms. The Labute approximate surface area is 107 Å². The molecule has 0 heterocycles. The summed E-state index contributed by atoms with van der Waals surface area (Å²) in [5, 5.41) is 0. The monoisotopic (exact) mass is 250 g/mol. The van der Waals surface area contributed by atoms with Crippen LogP contribution in [0.2, 0.25) is 19.6 Å². The van der Waals surface area contributed by atoms with Gasteiger partial charge in [0, 0.05) is 5.92 Å². The van der Waals surface area contributed by atoms with E-state index in [-0.39, 0.29) is 5.60 Å². The fraction of sp³-hybridized carbons (Fsp3) is 0.600. The lowest BCUT2D eigenvalue weighted by Gasteiger charge is -2.39. The minimum absolute atomic E-state index is 0.155. The Morgan fingerprint density at radius 1 is 1.29 bits per heavy atom. The molecule has 1 fully saturated rings. The van der Waals surface area contributed by atoms with Crippen LogP contribution in [0.4, 0.5) is 0 Å². The quantitative estimate of drug-likeness (QED) is 0.496. The Hall–Kier alpha value is -0.603. The molecule has 0 saturated heterocycles. The standard InChI is InChI=1S/C15H26OSi/c1-7-10-14-13(8-2)11-12-15(14,9-3)16-17(4,5)6/h7-9,13-14H,1-3,10-12H2,4-6H3/t13-,14+,15-/m0/s1. The first-order chi connectivity index (χ1) is 7.88. The zero-order chi connectivity index (χ0) is 13.1. The third-order valence-electron chi connectivity index (χ3n) is 3.58. The largest absolute Gasteiger partial charge is 0.408 e. The van der Waals surface area contributed by atoms with E-state index in [9.17, 15) is 0 Å². The highest BCUT2D eigenvalue weighted by Gasteiger charge is 2.47. The van der Waals surface area contributed by atoms with Crippen molar-refractivity contribution in [3.8, 4) is 0 Å². The van der Waals surface area contributed by atoms with Gasteiger partial charge in [-0.25, -0.2) is 0 Å². The Kier molecular flexibility index (Phi) is 4.56. The minimum atomic E-state index is -1.57. The highest BCUT2D eigenvalue weighted by Crippen LogP contribution is 2.47. The van der Waals surface area contributed by atoms with Crippen molar-refractivity contribution in [1.82, 2.24) is 0 Å². The van der Waals surface area contributed by atoms with Gasteiger partial charge in [0.05, 0.1) is 5.60 Å². The Bertz CT molecular complexity index is 303. The topological polar surface area (TPSA) is 9.23 Å². The van der Waals surface area contributed by atoms with Crippen LogP contribution in [0.5, 0.6) is 0 Å². The molecule has 0 aromatic carbocycles. The molecule has 0 aromatic rings. The number of allylic oxidation sites excluding steroid dienone is 2. The molecule has 1 aliphatic carbocycles. The average Bonchev–Trinajstić information content (AvgIpc) is 2.56. The van der Waals surface area contributed by atoms with Crippen molar-refractivity contribution in [3.63, 3.8) is 0 Å². The second-order valence-corrected chi connectivity index (χ2v) is 10.4. The molecule has 0 aromatic heterocycles. The van der Waals surface area contributed by atoms with Crippen LogP contribution in [0.3, 0.4) is 0 Å². The van der Waals surface area contributed by atoms with Gasteiger partial charge in [-0.1, -0.05) is 18.2 Å². The molecule has 1 nitrogen and oxygen atoms in total. The Balaban J connectivity index is 3.00. The summed E-state index contributed by atoms with van der Waals surface area (Å²) in [4.78, 5) is 0. The minimum Gasteiger partial charge on any atom is -0.408 e. The molecule has 0 N–H and O–H groups in total. The first-order valence-corrected chi connectivity index (χ1v) is 9.86. The number of hydrogen-bond donors (Lipinski definition) is 0. The first kappa shape index (κ1) is 14.5. The molecule has 0 radical (unpaired) electrons. The third kappa shape index (κ3) is 3.20. The first-order valence-electron chi connectivity index (χ1n) is 6.46. The zero-order valence-electron chi connectivity index (χ0n) is 11.5. The molecule has 1 aliphatic rings. The van der Waals surface area contributed by atoms with E-state index in [0.717, 1.165) is 19.3 Å². The molecule has 2 heteroatoms. The van der Waals surface area contributed by atoms with Crippen LogP contribution < -0.4 is 0 Å². The summed E-state index contributed by atoms with van der Waals surface area (Å²) in [6, 6.07) is 0. The van der Waals surface area contributed by atoms with Crippen molar-refractivity contribution in [2.75, 3.05) is 0 Å². The van der Waals surface area contributed by atoms with Gasteiger partial charge in [0.2, 0.25) is 0 Å². The van der Waals surface area contributed by atoms with E-state index in [1.54, 1.807) is 0 Å². The molecule has 0 aliphatic heterocycles. The van der Waals surface area contributed by atoms with Gasteiger partial charge in [0.15, 0.2) is 8.32 Å². The zero-order valence-corrected chi connectivity index (χ0v) is 12.5. The fourth-order valence-electron chi connectivity index (χ4n) is 2.97. The molecule has 1 saturated carbocycles. The second kappa shape index (κ2) is 5.36. The average molecular weight is 250 g/mol. The lowest BCUT2D eigenvalue weighted by atomic mass is 9.83. The van der Waals surface area contributed by atoms with Crippen LogP contribution in [-0.2, 0) is 4.43 Å². The summed E-state index contributed by atoms with van der Waals surface area (Å²) in [6.45, 7) is 18.6. The van der Waals surface area contributed by atoms with Gasteiger partial charge in [-0.15, -0.1) is 19.7 Å². The lowest BCUT2D eigenvalue weighted by Crippen LogP contribution is -2.44.